The van der Waals surface area contributed by atoms with Crippen molar-refractivity contribution in [3.8, 4) is 0 Å². The Labute approximate surface area is 183 Å². The van der Waals surface area contributed by atoms with E-state index in [2.05, 4.69) is 38.1 Å². The van der Waals surface area contributed by atoms with Crippen LogP contribution < -0.4 is 15.8 Å². The Bertz CT molecular complexity index is 947. The normalized spacial score (nSPS) is 14.8. The molecule has 0 aromatic carbocycles. The largest absolute Gasteiger partial charge is 0.381 e. The topological polar surface area (TPSA) is 74.4 Å². The first-order valence-corrected chi connectivity index (χ1v) is 11.5. The molecule has 1 amide bonds. The van der Waals surface area contributed by atoms with Crippen LogP contribution in [0.15, 0.2) is 14.6 Å². The third kappa shape index (κ3) is 4.75. The zero-order chi connectivity index (χ0) is 21.1. The number of halogens is 1. The van der Waals surface area contributed by atoms with E-state index >= 15 is 0 Å². The van der Waals surface area contributed by atoms with Crippen molar-refractivity contribution >= 4 is 38.2 Å². The first-order chi connectivity index (χ1) is 13.8. The minimum absolute atomic E-state index is 0.152. The lowest BCUT2D eigenvalue weighted by Crippen LogP contribution is -2.39. The molecule has 0 spiro atoms. The van der Waals surface area contributed by atoms with Crippen LogP contribution in [0.1, 0.15) is 52.5 Å². The van der Waals surface area contributed by atoms with Crippen LogP contribution >= 0.6 is 27.3 Å². The van der Waals surface area contributed by atoms with Crippen LogP contribution in [0.25, 0.3) is 0 Å². The molecule has 29 heavy (non-hydrogen) atoms. The molecular weight excluding hydrogens is 454 g/mol. The molecule has 3 heterocycles. The molecule has 6 nitrogen and oxygen atoms in total. The molecule has 1 aliphatic heterocycles. The number of anilines is 1. The number of hydrogen-bond donors (Lipinski definition) is 2. The number of pyridine rings is 1. The van der Waals surface area contributed by atoms with E-state index in [9.17, 15) is 9.59 Å². The Hall–Kier alpha value is -1.64. The summed E-state index contributed by atoms with van der Waals surface area (Å²) in [5, 5.41) is 4.05. The Morgan fingerprint density at radius 2 is 2.03 bits per heavy atom. The summed E-state index contributed by atoms with van der Waals surface area (Å²) in [6, 6.07) is 2.35. The summed E-state index contributed by atoms with van der Waals surface area (Å²) in [4.78, 5) is 30.4. The highest BCUT2D eigenvalue weighted by Crippen LogP contribution is 2.40. The molecule has 0 atom stereocenters. The van der Waals surface area contributed by atoms with Crippen molar-refractivity contribution in [2.24, 2.45) is 0 Å². The van der Waals surface area contributed by atoms with Crippen LogP contribution in [0.3, 0.4) is 0 Å². The van der Waals surface area contributed by atoms with Crippen LogP contribution in [-0.2, 0) is 11.3 Å². The number of H-pyrrole nitrogens is 1. The van der Waals surface area contributed by atoms with Crippen LogP contribution in [0.2, 0.25) is 0 Å². The van der Waals surface area contributed by atoms with Crippen molar-refractivity contribution in [3.63, 3.8) is 0 Å². The summed E-state index contributed by atoms with van der Waals surface area (Å²) in [7, 11) is 0. The lowest BCUT2D eigenvalue weighted by atomic mass is 10.1. The molecule has 1 saturated heterocycles. The molecule has 0 unspecified atom stereocenters. The van der Waals surface area contributed by atoms with E-state index in [4.69, 9.17) is 4.74 Å². The van der Waals surface area contributed by atoms with E-state index in [1.165, 1.54) is 0 Å². The molecule has 3 rings (SSSR count). The first-order valence-electron chi connectivity index (χ1n) is 9.94. The first kappa shape index (κ1) is 22.1. The average molecular weight is 482 g/mol. The maximum absolute atomic E-state index is 13.0. The highest BCUT2D eigenvalue weighted by molar-refractivity contribution is 9.11. The second-order valence-corrected chi connectivity index (χ2v) is 9.75. The fourth-order valence-electron chi connectivity index (χ4n) is 3.92. The van der Waals surface area contributed by atoms with Gasteiger partial charge in [0.2, 0.25) is 0 Å². The van der Waals surface area contributed by atoms with E-state index in [0.29, 0.717) is 17.2 Å². The van der Waals surface area contributed by atoms with Gasteiger partial charge in [0.1, 0.15) is 0 Å². The monoisotopic (exact) mass is 481 g/mol. The van der Waals surface area contributed by atoms with Crippen molar-refractivity contribution in [1.29, 1.82) is 0 Å². The number of ether oxygens (including phenoxy) is 1. The number of thiophene rings is 1. The number of aromatic nitrogens is 1. The molecule has 1 fully saturated rings. The predicted octanol–water partition coefficient (Wildman–Crippen LogP) is 4.06. The van der Waals surface area contributed by atoms with Gasteiger partial charge in [-0.15, -0.1) is 11.3 Å². The number of nitrogens with one attached hydrogen (secondary N) is 2. The third-order valence-corrected chi connectivity index (χ3v) is 7.46. The van der Waals surface area contributed by atoms with Gasteiger partial charge in [0, 0.05) is 43.6 Å². The number of aromatic amines is 1. The van der Waals surface area contributed by atoms with E-state index in [1.54, 1.807) is 11.3 Å². The Balaban J connectivity index is 1.80. The molecule has 0 aliphatic carbocycles. The van der Waals surface area contributed by atoms with Crippen LogP contribution in [0.4, 0.5) is 5.00 Å². The highest BCUT2D eigenvalue weighted by Gasteiger charge is 2.27. The molecule has 0 radical (unpaired) electrons. The predicted molar refractivity (Wildman–Crippen MR) is 121 cm³/mol. The molecular formula is C21H28BrN3O3S. The Morgan fingerprint density at radius 1 is 1.34 bits per heavy atom. The zero-order valence-electron chi connectivity index (χ0n) is 17.4. The van der Waals surface area contributed by atoms with Gasteiger partial charge in [0.05, 0.1) is 14.4 Å². The van der Waals surface area contributed by atoms with Gasteiger partial charge in [-0.2, -0.15) is 0 Å². The average Bonchev–Trinajstić information content (AvgIpc) is 2.96. The van der Waals surface area contributed by atoms with Gasteiger partial charge in [0.15, 0.2) is 0 Å². The molecule has 2 aromatic heterocycles. The smallest absolute Gasteiger partial charge is 0.253 e. The van der Waals surface area contributed by atoms with Crippen LogP contribution in [0, 0.1) is 20.8 Å². The molecule has 0 bridgehead atoms. The minimum atomic E-state index is -0.167. The van der Waals surface area contributed by atoms with Crippen LogP contribution in [-0.4, -0.2) is 36.7 Å². The summed E-state index contributed by atoms with van der Waals surface area (Å²) in [5.74, 6) is -0.167. The second kappa shape index (κ2) is 9.45. The number of nitrogens with zero attached hydrogens (tertiary/aromatic N) is 1. The summed E-state index contributed by atoms with van der Waals surface area (Å²) >= 11 is 5.19. The molecule has 2 N–H and O–H groups in total. The maximum Gasteiger partial charge on any atom is 0.253 e. The fourth-order valence-corrected chi connectivity index (χ4v) is 6.03. The van der Waals surface area contributed by atoms with Gasteiger partial charge < -0.3 is 19.9 Å². The summed E-state index contributed by atoms with van der Waals surface area (Å²) in [6.07, 6.45) is 2.00. The number of aryl methyl sites for hydroxylation is 2. The van der Waals surface area contributed by atoms with Crippen LogP contribution in [0.5, 0.6) is 0 Å². The van der Waals surface area contributed by atoms with Gasteiger partial charge in [-0.1, -0.05) is 0 Å². The SMILES string of the molecule is CCN(c1sc(Br)c(C(=O)NCc2c(C)cc(C)[nH]c2=O)c1C)C1CCOCC1. The summed E-state index contributed by atoms with van der Waals surface area (Å²) in [6.45, 7) is 10.5. The van der Waals surface area contributed by atoms with Crippen molar-refractivity contribution in [1.82, 2.24) is 10.3 Å². The standard InChI is InChI=1S/C21H28BrN3O3S/c1-5-25(15-6-8-28-9-7-15)21-14(4)17(18(22)29-21)20(27)23-11-16-12(2)10-13(3)24-19(16)26/h10,15H,5-9,11H2,1-4H3,(H,23,27)(H,24,26). The number of rotatable bonds is 6. The molecule has 8 heteroatoms. The van der Waals surface area contributed by atoms with Gasteiger partial charge in [-0.3, -0.25) is 9.59 Å². The number of carbonyl (C=O) groups is 1. The summed E-state index contributed by atoms with van der Waals surface area (Å²) in [5.41, 5.74) is 3.76. The van der Waals surface area contributed by atoms with Gasteiger partial charge in [0.25, 0.3) is 11.5 Å². The fraction of sp³-hybridized carbons (Fsp3) is 0.524. The van der Waals surface area contributed by atoms with E-state index in [1.807, 2.05) is 26.8 Å². The van der Waals surface area contributed by atoms with Crippen molar-refractivity contribution < 1.29 is 9.53 Å². The third-order valence-electron chi connectivity index (χ3n) is 5.46. The van der Waals surface area contributed by atoms with E-state index in [-0.39, 0.29) is 18.0 Å². The van der Waals surface area contributed by atoms with Crippen molar-refractivity contribution in [3.05, 3.63) is 48.2 Å². The van der Waals surface area contributed by atoms with Gasteiger partial charge in [-0.25, -0.2) is 0 Å². The highest BCUT2D eigenvalue weighted by atomic mass is 79.9. The zero-order valence-corrected chi connectivity index (χ0v) is 19.8. The maximum atomic E-state index is 13.0. The minimum Gasteiger partial charge on any atom is -0.381 e. The van der Waals surface area contributed by atoms with E-state index < -0.39 is 0 Å². The quantitative estimate of drug-likeness (QED) is 0.652. The Morgan fingerprint density at radius 3 is 2.66 bits per heavy atom. The molecule has 158 valence electrons. The van der Waals surface area contributed by atoms with Gasteiger partial charge >= 0.3 is 0 Å². The lowest BCUT2D eigenvalue weighted by molar-refractivity contribution is 0.0847. The van der Waals surface area contributed by atoms with Crippen molar-refractivity contribution in [2.75, 3.05) is 24.7 Å². The van der Waals surface area contributed by atoms with Gasteiger partial charge in [-0.05, 0) is 73.7 Å². The number of hydrogen-bond acceptors (Lipinski definition) is 5. The van der Waals surface area contributed by atoms with E-state index in [0.717, 1.165) is 58.2 Å². The Kier molecular flexibility index (Phi) is 7.19. The lowest BCUT2D eigenvalue weighted by Gasteiger charge is -2.34. The summed E-state index contributed by atoms with van der Waals surface area (Å²) < 4.78 is 6.33. The molecule has 1 aliphatic rings. The number of amides is 1. The van der Waals surface area contributed by atoms with Crippen molar-refractivity contribution in [2.45, 2.75) is 53.1 Å². The second-order valence-electron chi connectivity index (χ2n) is 7.44. The number of carbonyl (C=O) groups excluding carboxylic acids is 1. The molecule has 0 saturated carbocycles. The molecule has 2 aromatic rings.